The van der Waals surface area contributed by atoms with E-state index in [9.17, 15) is 13.2 Å². The summed E-state index contributed by atoms with van der Waals surface area (Å²) in [6.45, 7) is 0.553. The van der Waals surface area contributed by atoms with Crippen LogP contribution in [-0.4, -0.2) is 36.7 Å². The number of sulfonamides is 1. The Kier molecular flexibility index (Phi) is 6.21. The number of carbonyl (C=O) groups is 1. The lowest BCUT2D eigenvalue weighted by Gasteiger charge is -2.30. The number of rotatable bonds is 5. The number of amides is 1. The number of benzene rings is 2. The molecule has 34 heavy (non-hydrogen) atoms. The second kappa shape index (κ2) is 9.29. The Morgan fingerprint density at radius 3 is 2.56 bits per heavy atom. The second-order valence-electron chi connectivity index (χ2n) is 8.68. The first-order valence-corrected chi connectivity index (χ1v) is 13.6. The van der Waals surface area contributed by atoms with Gasteiger partial charge in [0.25, 0.3) is 0 Å². The van der Waals surface area contributed by atoms with E-state index in [1.165, 1.54) is 57.5 Å². The molecular weight excluding hydrogens is 468 g/mol. The summed E-state index contributed by atoms with van der Waals surface area (Å²) in [7, 11) is -3.64. The highest BCUT2D eigenvalue weighted by molar-refractivity contribution is 7.89. The van der Waals surface area contributed by atoms with Crippen LogP contribution in [0.4, 0.5) is 5.13 Å². The first kappa shape index (κ1) is 22.7. The van der Waals surface area contributed by atoms with Crippen LogP contribution in [0.3, 0.4) is 0 Å². The standard InChI is InChI=1S/C25H24N4O3S2/c26-15-17-4-8-22(9-5-17)34(31,32)29-12-10-19(11-13-29)24(30)28-25-27-23(16-33-25)21-7-6-18-2-1-3-20(18)14-21/h4-9,14,16,19H,1-3,10-13H2,(H,27,28,30). The summed E-state index contributed by atoms with van der Waals surface area (Å²) in [4.78, 5) is 17.6. The average molecular weight is 493 g/mol. The van der Waals surface area contributed by atoms with Crippen LogP contribution in [-0.2, 0) is 27.7 Å². The summed E-state index contributed by atoms with van der Waals surface area (Å²) in [5.74, 6) is -0.384. The highest BCUT2D eigenvalue weighted by atomic mass is 32.2. The number of nitrogens with zero attached hydrogens (tertiary/aromatic N) is 3. The van der Waals surface area contributed by atoms with E-state index in [1.54, 1.807) is 0 Å². The first-order valence-electron chi connectivity index (χ1n) is 11.3. The van der Waals surface area contributed by atoms with Crippen LogP contribution in [0, 0.1) is 17.2 Å². The third kappa shape index (κ3) is 4.49. The van der Waals surface area contributed by atoms with Gasteiger partial charge in [0.15, 0.2) is 5.13 Å². The molecule has 0 radical (unpaired) electrons. The molecule has 0 atom stereocenters. The van der Waals surface area contributed by atoms with Crippen molar-refractivity contribution >= 4 is 32.4 Å². The fourth-order valence-corrected chi connectivity index (χ4v) is 6.80. The van der Waals surface area contributed by atoms with Crippen LogP contribution in [0.1, 0.15) is 36.0 Å². The van der Waals surface area contributed by atoms with Gasteiger partial charge < -0.3 is 5.32 Å². The molecule has 2 heterocycles. The van der Waals surface area contributed by atoms with Gasteiger partial charge in [0.1, 0.15) is 0 Å². The highest BCUT2D eigenvalue weighted by Crippen LogP contribution is 2.31. The van der Waals surface area contributed by atoms with E-state index in [4.69, 9.17) is 5.26 Å². The zero-order valence-corrected chi connectivity index (χ0v) is 20.2. The quantitative estimate of drug-likeness (QED) is 0.575. The molecule has 0 unspecified atom stereocenters. The van der Waals surface area contributed by atoms with Crippen LogP contribution >= 0.6 is 11.3 Å². The normalized spacial score (nSPS) is 16.7. The van der Waals surface area contributed by atoms with Crippen molar-refractivity contribution in [2.75, 3.05) is 18.4 Å². The first-order chi connectivity index (χ1) is 16.4. The fraction of sp³-hybridized carbons (Fsp3) is 0.320. The minimum absolute atomic E-state index is 0.120. The molecule has 1 saturated heterocycles. The monoisotopic (exact) mass is 492 g/mol. The molecule has 174 valence electrons. The molecule has 2 aliphatic rings. The largest absolute Gasteiger partial charge is 0.302 e. The van der Waals surface area contributed by atoms with Crippen molar-refractivity contribution in [3.63, 3.8) is 0 Å². The summed E-state index contributed by atoms with van der Waals surface area (Å²) < 4.78 is 27.2. The number of thiazole rings is 1. The average Bonchev–Trinajstić information content (AvgIpc) is 3.53. The molecule has 1 amide bonds. The lowest BCUT2D eigenvalue weighted by Crippen LogP contribution is -2.41. The predicted molar refractivity (Wildman–Crippen MR) is 131 cm³/mol. The van der Waals surface area contributed by atoms with Crippen molar-refractivity contribution in [3.8, 4) is 17.3 Å². The summed E-state index contributed by atoms with van der Waals surface area (Å²) in [5.41, 5.74) is 5.15. The van der Waals surface area contributed by atoms with Crippen LogP contribution in [0.5, 0.6) is 0 Å². The fourth-order valence-electron chi connectivity index (χ4n) is 4.61. The minimum Gasteiger partial charge on any atom is -0.302 e. The van der Waals surface area contributed by atoms with Gasteiger partial charge in [0.2, 0.25) is 15.9 Å². The van der Waals surface area contributed by atoms with Crippen LogP contribution in [0.15, 0.2) is 52.7 Å². The topological polar surface area (TPSA) is 103 Å². The third-order valence-corrected chi connectivity index (χ3v) is 9.25. The van der Waals surface area contributed by atoms with Gasteiger partial charge in [-0.25, -0.2) is 13.4 Å². The lowest BCUT2D eigenvalue weighted by atomic mass is 9.97. The Bertz CT molecular complexity index is 1370. The minimum atomic E-state index is -3.64. The molecule has 2 aromatic carbocycles. The van der Waals surface area contributed by atoms with Gasteiger partial charge in [0, 0.05) is 30.0 Å². The molecule has 9 heteroatoms. The number of hydrogen-bond donors (Lipinski definition) is 1. The van der Waals surface area contributed by atoms with E-state index < -0.39 is 10.0 Å². The van der Waals surface area contributed by atoms with Crippen LogP contribution < -0.4 is 5.32 Å². The van der Waals surface area contributed by atoms with E-state index in [0.717, 1.165) is 24.1 Å². The van der Waals surface area contributed by atoms with Crippen molar-refractivity contribution < 1.29 is 13.2 Å². The number of anilines is 1. The maximum absolute atomic E-state index is 12.9. The van der Waals surface area contributed by atoms with E-state index in [0.29, 0.717) is 23.5 Å². The summed E-state index contributed by atoms with van der Waals surface area (Å²) in [6, 6.07) is 14.4. The van der Waals surface area contributed by atoms with E-state index in [1.807, 2.05) is 11.4 Å². The lowest BCUT2D eigenvalue weighted by molar-refractivity contribution is -0.120. The number of piperidine rings is 1. The molecular formula is C25H24N4O3S2. The highest BCUT2D eigenvalue weighted by Gasteiger charge is 2.32. The molecule has 5 rings (SSSR count). The zero-order chi connectivity index (χ0) is 23.7. The second-order valence-corrected chi connectivity index (χ2v) is 11.5. The molecule has 1 aliphatic carbocycles. The third-order valence-electron chi connectivity index (χ3n) is 6.57. The Balaban J connectivity index is 1.19. The van der Waals surface area contributed by atoms with Gasteiger partial charge >= 0.3 is 0 Å². The number of carbonyl (C=O) groups excluding carboxylic acids is 1. The number of aromatic nitrogens is 1. The van der Waals surface area contributed by atoms with Crippen LogP contribution in [0.2, 0.25) is 0 Å². The van der Waals surface area contributed by atoms with Crippen molar-refractivity contribution in [1.82, 2.24) is 9.29 Å². The Morgan fingerprint density at radius 2 is 1.82 bits per heavy atom. The van der Waals surface area contributed by atoms with Crippen molar-refractivity contribution in [1.29, 1.82) is 5.26 Å². The van der Waals surface area contributed by atoms with Crippen LogP contribution in [0.25, 0.3) is 11.3 Å². The van der Waals surface area contributed by atoms with Crippen molar-refractivity contribution in [3.05, 3.63) is 64.5 Å². The summed E-state index contributed by atoms with van der Waals surface area (Å²) in [6.07, 6.45) is 4.34. The molecule has 7 nitrogen and oxygen atoms in total. The van der Waals surface area contributed by atoms with Gasteiger partial charge in [0.05, 0.1) is 22.2 Å². The van der Waals surface area contributed by atoms with Crippen molar-refractivity contribution in [2.45, 2.75) is 37.0 Å². The van der Waals surface area contributed by atoms with Crippen molar-refractivity contribution in [2.24, 2.45) is 5.92 Å². The van der Waals surface area contributed by atoms with E-state index in [-0.39, 0.29) is 29.8 Å². The Hall–Kier alpha value is -3.06. The molecule has 1 fully saturated rings. The van der Waals surface area contributed by atoms with E-state index >= 15 is 0 Å². The summed E-state index contributed by atoms with van der Waals surface area (Å²) >= 11 is 1.40. The Labute approximate surface area is 203 Å². The SMILES string of the molecule is N#Cc1ccc(S(=O)(=O)N2CCC(C(=O)Nc3nc(-c4ccc5c(c4)CCC5)cs3)CC2)cc1. The molecule has 1 aromatic heterocycles. The van der Waals surface area contributed by atoms with Gasteiger partial charge in [-0.15, -0.1) is 11.3 Å². The molecule has 3 aromatic rings. The molecule has 1 aliphatic heterocycles. The maximum atomic E-state index is 12.9. The Morgan fingerprint density at radius 1 is 1.09 bits per heavy atom. The number of nitrogens with one attached hydrogen (secondary N) is 1. The maximum Gasteiger partial charge on any atom is 0.243 e. The van der Waals surface area contributed by atoms with Gasteiger partial charge in [-0.2, -0.15) is 9.57 Å². The predicted octanol–water partition coefficient (Wildman–Crippen LogP) is 4.21. The number of fused-ring (bicyclic) bond motifs is 1. The van der Waals surface area contributed by atoms with Gasteiger partial charge in [-0.3, -0.25) is 4.79 Å². The number of nitriles is 1. The molecule has 0 bridgehead atoms. The number of aryl methyl sites for hydroxylation is 2. The number of hydrogen-bond acceptors (Lipinski definition) is 6. The van der Waals surface area contributed by atoms with Gasteiger partial charge in [-0.05, 0) is 73.6 Å². The molecule has 0 saturated carbocycles. The zero-order valence-electron chi connectivity index (χ0n) is 18.5. The molecule has 1 N–H and O–H groups in total. The summed E-state index contributed by atoms with van der Waals surface area (Å²) in [5, 5.41) is 14.4. The smallest absolute Gasteiger partial charge is 0.243 e. The molecule has 0 spiro atoms. The van der Waals surface area contributed by atoms with Gasteiger partial charge in [-0.1, -0.05) is 12.1 Å². The van der Waals surface area contributed by atoms with E-state index in [2.05, 4.69) is 28.5 Å².